The topological polar surface area (TPSA) is 50.9 Å². The van der Waals surface area contributed by atoms with Crippen LogP contribution >= 0.6 is 11.5 Å². The molecule has 3 nitrogen and oxygen atoms in total. The van der Waals surface area contributed by atoms with Gasteiger partial charge in [0.2, 0.25) is 0 Å². The van der Waals surface area contributed by atoms with Crippen molar-refractivity contribution < 1.29 is 0 Å². The Morgan fingerprint density at radius 1 is 1.22 bits per heavy atom. The van der Waals surface area contributed by atoms with Gasteiger partial charge in [-0.05, 0) is 61.9 Å². The number of hydrogen-bond donors (Lipinski definition) is 2. The standard InChI is InChI=1S/C14H23N3S/c1-2-9-3-7-11(8-4-9)16-14-12(10-5-6-10)13(15)17-18-14/h9-11,16H,2-8H2,1H3,(H2,15,17). The number of aromatic nitrogens is 1. The summed E-state index contributed by atoms with van der Waals surface area (Å²) in [6, 6.07) is 0.644. The fourth-order valence-corrected chi connectivity index (χ4v) is 3.96. The average Bonchev–Trinajstić information content (AvgIpc) is 3.16. The molecule has 1 aromatic heterocycles. The van der Waals surface area contributed by atoms with Crippen LogP contribution in [0.1, 0.15) is 63.4 Å². The van der Waals surface area contributed by atoms with Gasteiger partial charge in [0.15, 0.2) is 0 Å². The Labute approximate surface area is 113 Å². The lowest BCUT2D eigenvalue weighted by atomic mass is 9.84. The maximum Gasteiger partial charge on any atom is 0.142 e. The first kappa shape index (κ1) is 12.3. The quantitative estimate of drug-likeness (QED) is 0.865. The van der Waals surface area contributed by atoms with Crippen molar-refractivity contribution in [1.29, 1.82) is 0 Å². The maximum absolute atomic E-state index is 5.99. The number of nitrogens with two attached hydrogens (primary N) is 1. The van der Waals surface area contributed by atoms with Crippen molar-refractivity contribution in [3.05, 3.63) is 5.56 Å². The minimum Gasteiger partial charge on any atom is -0.383 e. The van der Waals surface area contributed by atoms with Crippen LogP contribution in [0.25, 0.3) is 0 Å². The third-order valence-electron chi connectivity index (χ3n) is 4.50. The van der Waals surface area contributed by atoms with E-state index >= 15 is 0 Å². The van der Waals surface area contributed by atoms with E-state index in [4.69, 9.17) is 5.73 Å². The van der Waals surface area contributed by atoms with Crippen molar-refractivity contribution in [3.63, 3.8) is 0 Å². The summed E-state index contributed by atoms with van der Waals surface area (Å²) in [5.41, 5.74) is 7.31. The highest BCUT2D eigenvalue weighted by molar-refractivity contribution is 7.10. The molecule has 0 aromatic carbocycles. The Morgan fingerprint density at radius 3 is 2.56 bits per heavy atom. The molecule has 0 unspecified atom stereocenters. The molecule has 100 valence electrons. The summed E-state index contributed by atoms with van der Waals surface area (Å²) < 4.78 is 4.33. The Morgan fingerprint density at radius 2 is 1.94 bits per heavy atom. The molecule has 3 rings (SSSR count). The Balaban J connectivity index is 1.63. The van der Waals surface area contributed by atoms with Gasteiger partial charge in [0.25, 0.3) is 0 Å². The molecule has 18 heavy (non-hydrogen) atoms. The summed E-state index contributed by atoms with van der Waals surface area (Å²) in [5, 5.41) is 4.97. The summed E-state index contributed by atoms with van der Waals surface area (Å²) >= 11 is 1.56. The first-order valence-corrected chi connectivity index (χ1v) is 8.06. The van der Waals surface area contributed by atoms with Crippen LogP contribution < -0.4 is 11.1 Å². The highest BCUT2D eigenvalue weighted by Crippen LogP contribution is 2.48. The van der Waals surface area contributed by atoms with Crippen LogP contribution in [0.4, 0.5) is 10.8 Å². The summed E-state index contributed by atoms with van der Waals surface area (Å²) in [6.45, 7) is 2.31. The fourth-order valence-electron chi connectivity index (χ4n) is 3.08. The predicted molar refractivity (Wildman–Crippen MR) is 78.2 cm³/mol. The van der Waals surface area contributed by atoms with E-state index in [2.05, 4.69) is 16.6 Å². The lowest BCUT2D eigenvalue weighted by Gasteiger charge is -2.28. The van der Waals surface area contributed by atoms with Crippen LogP contribution in [-0.2, 0) is 0 Å². The van der Waals surface area contributed by atoms with Crippen LogP contribution in [0, 0.1) is 5.92 Å². The van der Waals surface area contributed by atoms with E-state index in [0.29, 0.717) is 12.0 Å². The first-order chi connectivity index (χ1) is 8.78. The number of rotatable bonds is 4. The lowest BCUT2D eigenvalue weighted by molar-refractivity contribution is 0.330. The highest BCUT2D eigenvalue weighted by atomic mass is 32.1. The van der Waals surface area contributed by atoms with E-state index < -0.39 is 0 Å². The largest absolute Gasteiger partial charge is 0.383 e. The van der Waals surface area contributed by atoms with Crippen molar-refractivity contribution >= 4 is 22.4 Å². The van der Waals surface area contributed by atoms with Gasteiger partial charge in [-0.3, -0.25) is 0 Å². The predicted octanol–water partition coefficient (Wildman–Crippen LogP) is 3.98. The first-order valence-electron chi connectivity index (χ1n) is 7.29. The number of nitrogens with zero attached hydrogens (tertiary/aromatic N) is 1. The van der Waals surface area contributed by atoms with Crippen molar-refractivity contribution in [3.8, 4) is 0 Å². The molecule has 1 aromatic rings. The van der Waals surface area contributed by atoms with E-state index in [1.807, 2.05) is 0 Å². The summed E-state index contributed by atoms with van der Waals surface area (Å²) in [7, 11) is 0. The van der Waals surface area contributed by atoms with Gasteiger partial charge in [0.05, 0.1) is 0 Å². The van der Waals surface area contributed by atoms with Crippen LogP contribution in [0.15, 0.2) is 0 Å². The molecule has 0 spiro atoms. The van der Waals surface area contributed by atoms with Gasteiger partial charge in [-0.25, -0.2) is 0 Å². The van der Waals surface area contributed by atoms with E-state index in [1.165, 1.54) is 55.5 Å². The lowest BCUT2D eigenvalue weighted by Crippen LogP contribution is -2.25. The van der Waals surface area contributed by atoms with E-state index in [-0.39, 0.29) is 0 Å². The average molecular weight is 265 g/mol. The van der Waals surface area contributed by atoms with Gasteiger partial charge in [-0.2, -0.15) is 4.37 Å². The molecule has 2 saturated carbocycles. The van der Waals surface area contributed by atoms with Crippen molar-refractivity contribution in [2.75, 3.05) is 11.1 Å². The molecule has 0 atom stereocenters. The Bertz CT molecular complexity index is 403. The van der Waals surface area contributed by atoms with Crippen molar-refractivity contribution in [2.24, 2.45) is 5.92 Å². The van der Waals surface area contributed by atoms with Gasteiger partial charge in [0.1, 0.15) is 10.8 Å². The molecule has 3 N–H and O–H groups in total. The molecule has 0 radical (unpaired) electrons. The normalized spacial score (nSPS) is 28.3. The molecule has 0 amide bonds. The third kappa shape index (κ3) is 2.48. The SMILES string of the molecule is CCC1CCC(Nc2snc(N)c2C2CC2)CC1. The zero-order valence-corrected chi connectivity index (χ0v) is 11.9. The van der Waals surface area contributed by atoms with E-state index in [1.54, 1.807) is 11.5 Å². The summed E-state index contributed by atoms with van der Waals surface area (Å²) in [6.07, 6.45) is 9.29. The molecule has 4 heteroatoms. The van der Waals surface area contributed by atoms with Gasteiger partial charge in [-0.15, -0.1) is 0 Å². The van der Waals surface area contributed by atoms with Gasteiger partial charge >= 0.3 is 0 Å². The van der Waals surface area contributed by atoms with Crippen molar-refractivity contribution in [2.45, 2.75) is 63.8 Å². The van der Waals surface area contributed by atoms with Crippen LogP contribution in [-0.4, -0.2) is 10.4 Å². The zero-order chi connectivity index (χ0) is 12.5. The van der Waals surface area contributed by atoms with E-state index in [0.717, 1.165) is 11.7 Å². The molecule has 1 heterocycles. The number of nitrogens with one attached hydrogen (secondary N) is 1. The van der Waals surface area contributed by atoms with Gasteiger partial charge < -0.3 is 11.1 Å². The number of anilines is 2. The second-order valence-electron chi connectivity index (χ2n) is 5.86. The molecule has 0 saturated heterocycles. The van der Waals surface area contributed by atoms with Crippen LogP contribution in [0.3, 0.4) is 0 Å². The molecule has 0 bridgehead atoms. The monoisotopic (exact) mass is 265 g/mol. The van der Waals surface area contributed by atoms with Crippen LogP contribution in [0.2, 0.25) is 0 Å². The molecule has 2 aliphatic rings. The fraction of sp³-hybridized carbons (Fsp3) is 0.786. The zero-order valence-electron chi connectivity index (χ0n) is 11.1. The van der Waals surface area contributed by atoms with Crippen LogP contribution in [0.5, 0.6) is 0 Å². The van der Waals surface area contributed by atoms with Gasteiger partial charge in [-0.1, -0.05) is 13.3 Å². The molecular weight excluding hydrogens is 242 g/mol. The second kappa shape index (κ2) is 5.08. The molecule has 2 aliphatic carbocycles. The number of nitrogen functional groups attached to an aromatic ring is 1. The van der Waals surface area contributed by atoms with Crippen molar-refractivity contribution in [1.82, 2.24) is 4.37 Å². The molecule has 2 fully saturated rings. The minimum absolute atomic E-state index is 0.644. The summed E-state index contributed by atoms with van der Waals surface area (Å²) in [4.78, 5) is 0. The smallest absolute Gasteiger partial charge is 0.142 e. The summed E-state index contributed by atoms with van der Waals surface area (Å²) in [5.74, 6) is 2.42. The second-order valence-corrected chi connectivity index (χ2v) is 6.63. The highest BCUT2D eigenvalue weighted by Gasteiger charge is 2.31. The molecule has 0 aliphatic heterocycles. The van der Waals surface area contributed by atoms with Gasteiger partial charge in [0, 0.05) is 11.6 Å². The Kier molecular flexibility index (Phi) is 3.46. The molecular formula is C14H23N3S. The Hall–Kier alpha value is -0.770. The van der Waals surface area contributed by atoms with E-state index in [9.17, 15) is 0 Å². The number of hydrogen-bond acceptors (Lipinski definition) is 4. The third-order valence-corrected chi connectivity index (χ3v) is 5.31. The maximum atomic E-state index is 5.99. The minimum atomic E-state index is 0.644.